The van der Waals surface area contributed by atoms with E-state index in [-0.39, 0.29) is 17.7 Å². The molecule has 0 radical (unpaired) electrons. The van der Waals surface area contributed by atoms with Crippen LogP contribution in [0, 0.1) is 17.3 Å². The third-order valence-electron chi connectivity index (χ3n) is 7.16. The lowest BCUT2D eigenvalue weighted by atomic mass is 9.80. The predicted octanol–water partition coefficient (Wildman–Crippen LogP) is 1.66. The van der Waals surface area contributed by atoms with Gasteiger partial charge in [-0.2, -0.15) is 0 Å². The van der Waals surface area contributed by atoms with E-state index in [2.05, 4.69) is 5.32 Å². The highest BCUT2D eigenvalue weighted by molar-refractivity contribution is 6.37. The Kier molecular flexibility index (Phi) is 8.26. The fourth-order valence-electron chi connectivity index (χ4n) is 4.46. The maximum atomic E-state index is 13.5. The molecule has 32 heavy (non-hydrogen) atoms. The molecule has 0 aromatic carbocycles. The molecule has 4 atom stereocenters. The number of amides is 3. The number of nitrogens with one attached hydrogen (secondary N) is 1. The van der Waals surface area contributed by atoms with Crippen molar-refractivity contribution in [3.8, 4) is 0 Å². The van der Waals surface area contributed by atoms with E-state index in [4.69, 9.17) is 11.5 Å². The molecule has 3 amide bonds. The van der Waals surface area contributed by atoms with E-state index in [1.807, 2.05) is 41.5 Å². The minimum absolute atomic E-state index is 0.177. The standard InChI is InChI=1S/C24H40N4O4/c1-13(2)14(3)16-10-11-28(23(32)20(25)24(4,5)6)18(16)22(31)27-17(19(29)21(26)30)12-15-8-7-9-15/h15-18,20H,7-12,25H2,1-6H3,(H2,26,30)(H,27,31)/t16-,17?,18+,20-/m1/s1. The Morgan fingerprint density at radius 2 is 1.66 bits per heavy atom. The van der Waals surface area contributed by atoms with Crippen LogP contribution in [0.2, 0.25) is 0 Å². The lowest BCUT2D eigenvalue weighted by molar-refractivity contribution is -0.143. The average Bonchev–Trinajstić information content (AvgIpc) is 3.11. The van der Waals surface area contributed by atoms with Crippen LogP contribution in [0.4, 0.5) is 0 Å². The fraction of sp³-hybridized carbons (Fsp3) is 0.750. The van der Waals surface area contributed by atoms with Crippen molar-refractivity contribution >= 4 is 23.5 Å². The van der Waals surface area contributed by atoms with Crippen molar-refractivity contribution in [2.24, 2.45) is 28.7 Å². The number of carbonyl (C=O) groups excluding carboxylic acids is 4. The molecule has 1 aliphatic carbocycles. The number of hydrogen-bond acceptors (Lipinski definition) is 5. The molecule has 8 heteroatoms. The Hall–Kier alpha value is -2.22. The Morgan fingerprint density at radius 3 is 2.09 bits per heavy atom. The van der Waals surface area contributed by atoms with Gasteiger partial charge >= 0.3 is 0 Å². The first kappa shape index (κ1) is 26.0. The Bertz CT molecular complexity index is 790. The van der Waals surface area contributed by atoms with Gasteiger partial charge in [0.2, 0.25) is 17.6 Å². The summed E-state index contributed by atoms with van der Waals surface area (Å²) in [5.41, 5.74) is 13.2. The molecule has 8 nitrogen and oxygen atoms in total. The van der Waals surface area contributed by atoms with Gasteiger partial charge in [-0.25, -0.2) is 0 Å². The van der Waals surface area contributed by atoms with Crippen LogP contribution in [0.25, 0.3) is 0 Å². The maximum Gasteiger partial charge on any atom is 0.287 e. The van der Waals surface area contributed by atoms with Crippen LogP contribution in [0.5, 0.6) is 0 Å². The van der Waals surface area contributed by atoms with Crippen LogP contribution in [0.1, 0.15) is 73.6 Å². The summed E-state index contributed by atoms with van der Waals surface area (Å²) >= 11 is 0. The van der Waals surface area contributed by atoms with E-state index in [9.17, 15) is 19.2 Å². The summed E-state index contributed by atoms with van der Waals surface area (Å²) in [5, 5.41) is 2.78. The van der Waals surface area contributed by atoms with Gasteiger partial charge in [0.15, 0.2) is 0 Å². The number of nitrogens with zero attached hydrogens (tertiary/aromatic N) is 1. The second-order valence-electron chi connectivity index (χ2n) is 10.7. The summed E-state index contributed by atoms with van der Waals surface area (Å²) < 4.78 is 0. The number of primary amides is 1. The zero-order valence-electron chi connectivity index (χ0n) is 20.4. The highest BCUT2D eigenvalue weighted by atomic mass is 16.2. The molecule has 5 N–H and O–H groups in total. The first-order chi connectivity index (χ1) is 14.8. The topological polar surface area (TPSA) is 136 Å². The van der Waals surface area contributed by atoms with Crippen molar-refractivity contribution in [3.05, 3.63) is 11.1 Å². The molecule has 180 valence electrons. The number of rotatable bonds is 8. The first-order valence-electron chi connectivity index (χ1n) is 11.6. The van der Waals surface area contributed by atoms with Gasteiger partial charge in [-0.05, 0) is 44.9 Å². The smallest absolute Gasteiger partial charge is 0.287 e. The molecule has 0 bridgehead atoms. The molecular formula is C24H40N4O4. The van der Waals surface area contributed by atoms with Crippen molar-refractivity contribution in [2.45, 2.75) is 91.8 Å². The fourth-order valence-corrected chi connectivity index (χ4v) is 4.46. The van der Waals surface area contributed by atoms with Crippen LogP contribution in [-0.2, 0) is 19.2 Å². The van der Waals surface area contributed by atoms with Gasteiger partial charge in [0.25, 0.3) is 5.91 Å². The summed E-state index contributed by atoms with van der Waals surface area (Å²) in [5.74, 6) is -2.44. The van der Waals surface area contributed by atoms with Gasteiger partial charge < -0.3 is 21.7 Å². The lowest BCUT2D eigenvalue weighted by Crippen LogP contribution is -2.58. The molecule has 2 aliphatic rings. The van der Waals surface area contributed by atoms with Gasteiger partial charge in [-0.1, -0.05) is 51.2 Å². The molecular weight excluding hydrogens is 408 g/mol. The molecule has 0 aromatic heterocycles. The Labute approximate surface area is 191 Å². The Morgan fingerprint density at radius 1 is 1.06 bits per heavy atom. The molecule has 1 saturated carbocycles. The lowest BCUT2D eigenvalue weighted by Gasteiger charge is -2.35. The normalized spacial score (nSPS) is 23.2. The average molecular weight is 449 g/mol. The molecule has 2 fully saturated rings. The molecule has 1 unspecified atom stereocenters. The van der Waals surface area contributed by atoms with Gasteiger partial charge in [-0.3, -0.25) is 19.2 Å². The zero-order valence-corrected chi connectivity index (χ0v) is 20.4. The number of nitrogens with two attached hydrogens (primary N) is 2. The molecule has 1 saturated heterocycles. The van der Waals surface area contributed by atoms with Crippen LogP contribution in [-0.4, -0.2) is 53.1 Å². The first-order valence-corrected chi connectivity index (χ1v) is 11.6. The van der Waals surface area contributed by atoms with Crippen molar-refractivity contribution in [2.75, 3.05) is 6.54 Å². The van der Waals surface area contributed by atoms with Crippen LogP contribution < -0.4 is 16.8 Å². The number of hydrogen-bond donors (Lipinski definition) is 3. The third kappa shape index (κ3) is 5.77. The second kappa shape index (κ2) is 10.1. The maximum absolute atomic E-state index is 13.5. The van der Waals surface area contributed by atoms with E-state index >= 15 is 0 Å². The van der Waals surface area contributed by atoms with E-state index in [1.165, 1.54) is 0 Å². The van der Waals surface area contributed by atoms with Crippen molar-refractivity contribution in [1.82, 2.24) is 10.2 Å². The van der Waals surface area contributed by atoms with Gasteiger partial charge in [0.05, 0.1) is 12.1 Å². The summed E-state index contributed by atoms with van der Waals surface area (Å²) in [6.45, 7) is 12.0. The number of likely N-dealkylation sites (tertiary alicyclic amines) is 1. The van der Waals surface area contributed by atoms with Gasteiger partial charge in [-0.15, -0.1) is 0 Å². The van der Waals surface area contributed by atoms with E-state index < -0.39 is 41.1 Å². The predicted molar refractivity (Wildman–Crippen MR) is 123 cm³/mol. The molecule has 1 aliphatic heterocycles. The molecule has 0 spiro atoms. The van der Waals surface area contributed by atoms with E-state index in [0.717, 1.165) is 30.4 Å². The molecule has 2 rings (SSSR count). The molecule has 0 aromatic rings. The minimum Gasteiger partial charge on any atom is -0.363 e. The summed E-state index contributed by atoms with van der Waals surface area (Å²) in [6.07, 6.45) is 4.03. The number of Topliss-reactive ketones (excluding diaryl/α,β-unsaturated/α-hetero) is 1. The van der Waals surface area contributed by atoms with Crippen molar-refractivity contribution in [3.63, 3.8) is 0 Å². The van der Waals surface area contributed by atoms with E-state index in [1.54, 1.807) is 4.90 Å². The third-order valence-corrected chi connectivity index (χ3v) is 7.16. The number of ketones is 1. The summed E-state index contributed by atoms with van der Waals surface area (Å²) in [6, 6.07) is -2.51. The van der Waals surface area contributed by atoms with Crippen molar-refractivity contribution in [1.29, 1.82) is 0 Å². The largest absolute Gasteiger partial charge is 0.363 e. The summed E-state index contributed by atoms with van der Waals surface area (Å²) in [4.78, 5) is 52.4. The van der Waals surface area contributed by atoms with Gasteiger partial charge in [0, 0.05) is 12.5 Å². The van der Waals surface area contributed by atoms with Crippen LogP contribution in [0.3, 0.4) is 0 Å². The SMILES string of the molecule is CC(C)=C(C)[C@H]1CCN(C(=O)[C@@H](N)C(C)(C)C)[C@@H]1C(=O)NC(CC1CCC1)C(=O)C(N)=O. The van der Waals surface area contributed by atoms with Crippen LogP contribution in [0.15, 0.2) is 11.1 Å². The Balaban J connectivity index is 2.34. The monoisotopic (exact) mass is 448 g/mol. The highest BCUT2D eigenvalue weighted by Gasteiger charge is 2.46. The second-order valence-corrected chi connectivity index (χ2v) is 10.7. The number of carbonyl (C=O) groups is 4. The number of allylic oxidation sites excluding steroid dienone is 1. The minimum atomic E-state index is -1.05. The van der Waals surface area contributed by atoms with Crippen molar-refractivity contribution < 1.29 is 19.2 Å². The van der Waals surface area contributed by atoms with Crippen LogP contribution >= 0.6 is 0 Å². The van der Waals surface area contributed by atoms with Gasteiger partial charge in [0.1, 0.15) is 6.04 Å². The zero-order chi connectivity index (χ0) is 24.4. The highest BCUT2D eigenvalue weighted by Crippen LogP contribution is 2.35. The van der Waals surface area contributed by atoms with E-state index in [0.29, 0.717) is 19.4 Å². The quantitative estimate of drug-likeness (QED) is 0.383. The summed E-state index contributed by atoms with van der Waals surface area (Å²) in [7, 11) is 0. The molecule has 1 heterocycles.